The molecule has 0 rings (SSSR count). The second-order valence-electron chi connectivity index (χ2n) is 12.6. The molecule has 0 bridgehead atoms. The van der Waals surface area contributed by atoms with Crippen LogP contribution in [-0.4, -0.2) is 66.3 Å². The van der Waals surface area contributed by atoms with Gasteiger partial charge in [-0.3, -0.25) is 13.8 Å². The molecule has 10 heteroatoms. The fourth-order valence-corrected chi connectivity index (χ4v) is 5.76. The number of unbranched alkanes of at least 4 members (excludes halogenated alkanes) is 18. The highest BCUT2D eigenvalue weighted by atomic mass is 31.2. The minimum absolute atomic E-state index is 0.0477. The lowest BCUT2D eigenvalue weighted by atomic mass is 10.1. The fraction of sp³-hybridized carbons (Fsp3) is 0.865. The first-order chi connectivity index (χ1) is 22.8. The van der Waals surface area contributed by atoms with Crippen LogP contribution in [0.1, 0.15) is 162 Å². The molecule has 9 nitrogen and oxygen atoms in total. The number of rotatable bonds is 36. The molecule has 3 N–H and O–H groups in total. The number of aliphatic hydroxyl groups excluding tert-OH is 2. The molecule has 0 aliphatic carbocycles. The quantitative estimate of drug-likeness (QED) is 0.0254. The predicted octanol–water partition coefficient (Wildman–Crippen LogP) is 9.53. The molecule has 0 aromatic carbocycles. The van der Waals surface area contributed by atoms with Gasteiger partial charge in [-0.05, 0) is 44.9 Å². The van der Waals surface area contributed by atoms with Crippen molar-refractivity contribution in [1.29, 1.82) is 0 Å². The van der Waals surface area contributed by atoms with Gasteiger partial charge in [-0.15, -0.1) is 0 Å². The van der Waals surface area contributed by atoms with Crippen LogP contribution < -0.4 is 0 Å². The van der Waals surface area contributed by atoms with Crippen molar-refractivity contribution in [2.75, 3.05) is 33.0 Å². The first-order valence-electron chi connectivity index (χ1n) is 18.8. The molecule has 278 valence electrons. The summed E-state index contributed by atoms with van der Waals surface area (Å²) in [5.41, 5.74) is 0. The molecule has 0 aliphatic heterocycles. The summed E-state index contributed by atoms with van der Waals surface area (Å²) in [4.78, 5) is 22.3. The zero-order chi connectivity index (χ0) is 34.7. The van der Waals surface area contributed by atoms with Crippen LogP contribution in [0.25, 0.3) is 0 Å². The Morgan fingerprint density at radius 3 is 1.74 bits per heavy atom. The number of carbonyl (C=O) groups is 1. The number of phosphoric ester groups is 1. The van der Waals surface area contributed by atoms with Gasteiger partial charge < -0.3 is 24.6 Å². The number of hydrogen-bond acceptors (Lipinski definition) is 8. The molecule has 0 heterocycles. The first kappa shape index (κ1) is 45.9. The lowest BCUT2D eigenvalue weighted by Crippen LogP contribution is -2.29. The first-order valence-corrected chi connectivity index (χ1v) is 20.3. The minimum atomic E-state index is -4.50. The smallest absolute Gasteiger partial charge is 0.457 e. The van der Waals surface area contributed by atoms with E-state index in [4.69, 9.17) is 23.6 Å². The Balaban J connectivity index is 4.14. The number of ether oxygens (including phenoxy) is 2. The molecule has 0 radical (unpaired) electrons. The number of allylic oxidation sites excluding steroid dienone is 4. The van der Waals surface area contributed by atoms with Gasteiger partial charge in [0.1, 0.15) is 12.2 Å². The molecule has 0 saturated carbocycles. The van der Waals surface area contributed by atoms with Crippen LogP contribution in [0.5, 0.6) is 0 Å². The van der Waals surface area contributed by atoms with Crippen LogP contribution in [0.2, 0.25) is 0 Å². The Kier molecular flexibility index (Phi) is 34.0. The van der Waals surface area contributed by atoms with Crippen molar-refractivity contribution in [3.63, 3.8) is 0 Å². The van der Waals surface area contributed by atoms with Crippen LogP contribution in [0.15, 0.2) is 24.3 Å². The van der Waals surface area contributed by atoms with Crippen LogP contribution in [0, 0.1) is 0 Å². The average molecular weight is 691 g/mol. The molecule has 0 fully saturated rings. The number of hydrogen-bond donors (Lipinski definition) is 3. The van der Waals surface area contributed by atoms with Crippen molar-refractivity contribution in [2.24, 2.45) is 0 Å². The second-order valence-corrected chi connectivity index (χ2v) is 14.1. The van der Waals surface area contributed by atoms with E-state index in [2.05, 4.69) is 38.2 Å². The number of phosphoric acid groups is 1. The zero-order valence-corrected chi connectivity index (χ0v) is 30.9. The van der Waals surface area contributed by atoms with Crippen LogP contribution in [0.4, 0.5) is 0 Å². The highest BCUT2D eigenvalue weighted by Gasteiger charge is 2.26. The van der Waals surface area contributed by atoms with Gasteiger partial charge in [0, 0.05) is 13.0 Å². The van der Waals surface area contributed by atoms with Crippen molar-refractivity contribution < 1.29 is 43.0 Å². The fourth-order valence-electron chi connectivity index (χ4n) is 4.97. The highest BCUT2D eigenvalue weighted by molar-refractivity contribution is 7.47. The summed E-state index contributed by atoms with van der Waals surface area (Å²) in [6, 6.07) is 0. The summed E-state index contributed by atoms with van der Waals surface area (Å²) in [6.07, 6.45) is 32.9. The molecular formula is C37H71O9P. The van der Waals surface area contributed by atoms with Crippen molar-refractivity contribution >= 4 is 13.8 Å². The molecule has 3 unspecified atom stereocenters. The highest BCUT2D eigenvalue weighted by Crippen LogP contribution is 2.43. The summed E-state index contributed by atoms with van der Waals surface area (Å²) < 4.78 is 33.1. The molecule has 0 spiro atoms. The molecule has 0 amide bonds. The average Bonchev–Trinajstić information content (AvgIpc) is 3.06. The molecule has 0 aliphatic rings. The van der Waals surface area contributed by atoms with Gasteiger partial charge in [-0.1, -0.05) is 134 Å². The summed E-state index contributed by atoms with van der Waals surface area (Å²) in [5, 5.41) is 18.2. The molecule has 0 saturated heterocycles. The topological polar surface area (TPSA) is 132 Å². The third-order valence-corrected chi connectivity index (χ3v) is 8.84. The monoisotopic (exact) mass is 690 g/mol. The summed E-state index contributed by atoms with van der Waals surface area (Å²) >= 11 is 0. The maximum atomic E-state index is 12.5. The van der Waals surface area contributed by atoms with E-state index < -0.39 is 33.2 Å². The Morgan fingerprint density at radius 1 is 0.660 bits per heavy atom. The Labute approximate surface area is 287 Å². The molecule has 3 atom stereocenters. The van der Waals surface area contributed by atoms with Crippen molar-refractivity contribution in [2.45, 2.75) is 174 Å². The lowest BCUT2D eigenvalue weighted by Gasteiger charge is -2.20. The standard InChI is InChI=1S/C37H71O9P/c1-3-5-7-9-11-13-14-15-16-17-18-19-20-21-22-24-26-28-30-43-33-36(34-45-47(41,42)44-32-35(39)31-38)46-37(40)29-27-25-23-12-10-8-6-4-2/h11,13,15-16,35-36,38-39H,3-10,12,14,17-34H2,1-2H3,(H,41,42)/b13-11-,16-15-. The van der Waals surface area contributed by atoms with E-state index >= 15 is 0 Å². The van der Waals surface area contributed by atoms with Gasteiger partial charge in [0.2, 0.25) is 0 Å². The number of carbonyl (C=O) groups excluding carboxylic acids is 1. The molecular weight excluding hydrogens is 619 g/mol. The summed E-state index contributed by atoms with van der Waals surface area (Å²) in [5.74, 6) is -0.390. The second kappa shape index (κ2) is 34.8. The van der Waals surface area contributed by atoms with Gasteiger partial charge in [0.05, 0.1) is 26.4 Å². The van der Waals surface area contributed by atoms with Gasteiger partial charge in [-0.25, -0.2) is 4.57 Å². The largest absolute Gasteiger partial charge is 0.472 e. The van der Waals surface area contributed by atoms with Gasteiger partial charge in [0.15, 0.2) is 0 Å². The maximum absolute atomic E-state index is 12.5. The van der Waals surface area contributed by atoms with E-state index in [1.54, 1.807) is 0 Å². The molecule has 0 aromatic rings. The van der Waals surface area contributed by atoms with E-state index in [0.29, 0.717) is 6.61 Å². The summed E-state index contributed by atoms with van der Waals surface area (Å²) in [6.45, 7) is 3.44. The SMILES string of the molecule is CCCCC/C=C\C/C=C\CCCCCCCCCCOCC(COP(=O)(O)OCC(O)CO)OC(=O)CCCCCCCCCC. The third-order valence-electron chi connectivity index (χ3n) is 7.89. The Bertz CT molecular complexity index is 790. The van der Waals surface area contributed by atoms with Crippen molar-refractivity contribution in [3.05, 3.63) is 24.3 Å². The van der Waals surface area contributed by atoms with E-state index in [-0.39, 0.29) is 25.6 Å². The number of aliphatic hydroxyl groups is 2. The molecule has 0 aromatic heterocycles. The summed E-state index contributed by atoms with van der Waals surface area (Å²) in [7, 11) is -4.50. The van der Waals surface area contributed by atoms with Crippen molar-refractivity contribution in [3.8, 4) is 0 Å². The van der Waals surface area contributed by atoms with E-state index in [9.17, 15) is 19.4 Å². The van der Waals surface area contributed by atoms with Crippen molar-refractivity contribution in [1.82, 2.24) is 0 Å². The van der Waals surface area contributed by atoms with Crippen LogP contribution in [0.3, 0.4) is 0 Å². The maximum Gasteiger partial charge on any atom is 0.472 e. The van der Waals surface area contributed by atoms with Gasteiger partial charge in [-0.2, -0.15) is 0 Å². The zero-order valence-electron chi connectivity index (χ0n) is 30.0. The molecule has 47 heavy (non-hydrogen) atoms. The number of esters is 1. The van der Waals surface area contributed by atoms with Crippen LogP contribution >= 0.6 is 7.82 Å². The third kappa shape index (κ3) is 34.6. The van der Waals surface area contributed by atoms with E-state index in [1.807, 2.05) is 0 Å². The van der Waals surface area contributed by atoms with E-state index in [1.165, 1.54) is 89.9 Å². The minimum Gasteiger partial charge on any atom is -0.457 e. The Hall–Kier alpha value is -1.06. The lowest BCUT2D eigenvalue weighted by molar-refractivity contribution is -0.154. The Morgan fingerprint density at radius 2 is 1.15 bits per heavy atom. The van der Waals surface area contributed by atoms with Crippen LogP contribution in [-0.2, 0) is 27.9 Å². The van der Waals surface area contributed by atoms with Gasteiger partial charge in [0.25, 0.3) is 0 Å². The predicted molar refractivity (Wildman–Crippen MR) is 191 cm³/mol. The van der Waals surface area contributed by atoms with Gasteiger partial charge >= 0.3 is 13.8 Å². The normalized spacial score (nSPS) is 14.6. The van der Waals surface area contributed by atoms with E-state index in [0.717, 1.165) is 51.4 Å².